The molecule has 0 aliphatic carbocycles. The third-order valence-electron chi connectivity index (χ3n) is 11.2. The number of aliphatic hydroxyl groups is 15. The predicted molar refractivity (Wildman–Crippen MR) is 194 cm³/mol. The van der Waals surface area contributed by atoms with Gasteiger partial charge in [-0.25, -0.2) is 0 Å². The van der Waals surface area contributed by atoms with Gasteiger partial charge in [-0.15, -0.1) is 6.58 Å². The van der Waals surface area contributed by atoms with Crippen molar-refractivity contribution in [2.45, 2.75) is 173 Å². The Bertz CT molecular complexity index is 1370. The third-order valence-corrected chi connectivity index (χ3v) is 11.2. The van der Waals surface area contributed by atoms with E-state index in [4.69, 9.17) is 52.1 Å². The Morgan fingerprint density at radius 1 is 0.597 bits per heavy atom. The van der Waals surface area contributed by atoms with Crippen molar-refractivity contribution in [2.24, 2.45) is 0 Å². The van der Waals surface area contributed by atoms with Crippen LogP contribution in [0.25, 0.3) is 0 Å². The molecule has 0 spiro atoms. The average Bonchev–Trinajstić information content (AvgIpc) is 3.61. The van der Waals surface area contributed by atoms with Crippen LogP contribution < -0.4 is 0 Å². The predicted octanol–water partition coefficient (Wildman–Crippen LogP) is -8.23. The molecule has 0 amide bonds. The largest absolute Gasteiger partial charge is 0.396 e. The van der Waals surface area contributed by atoms with Crippen molar-refractivity contribution in [1.29, 1.82) is 0 Å². The molecule has 5 heterocycles. The van der Waals surface area contributed by atoms with Crippen molar-refractivity contribution in [3.63, 3.8) is 0 Å². The molecule has 362 valence electrons. The molecule has 62 heavy (non-hydrogen) atoms. The van der Waals surface area contributed by atoms with Crippen LogP contribution in [0.15, 0.2) is 12.7 Å². The monoisotopic (exact) mass is 910 g/mol. The quantitative estimate of drug-likeness (QED) is 0.0289. The molecular formula is C36H62O26. The number of allylic oxidation sites excluding steroid dienone is 1. The highest BCUT2D eigenvalue weighted by Crippen LogP contribution is 2.42. The molecule has 5 saturated heterocycles. The summed E-state index contributed by atoms with van der Waals surface area (Å²) in [5, 5.41) is 161. The maximum atomic E-state index is 12.1. The van der Waals surface area contributed by atoms with Gasteiger partial charge in [0, 0.05) is 26.2 Å². The maximum absolute atomic E-state index is 12.1. The zero-order valence-corrected chi connectivity index (χ0v) is 33.7. The van der Waals surface area contributed by atoms with Gasteiger partial charge in [-0.05, 0) is 26.2 Å². The first kappa shape index (κ1) is 51.7. The van der Waals surface area contributed by atoms with Crippen LogP contribution in [0.3, 0.4) is 0 Å². The molecule has 23 atom stereocenters. The Kier molecular flexibility index (Phi) is 18.7. The van der Waals surface area contributed by atoms with Crippen LogP contribution in [-0.2, 0) is 52.1 Å². The summed E-state index contributed by atoms with van der Waals surface area (Å²) in [5.41, 5.74) is -2.64. The second-order valence-electron chi connectivity index (χ2n) is 15.4. The minimum absolute atomic E-state index is 0.0793. The fourth-order valence-corrected chi connectivity index (χ4v) is 7.73. The molecule has 5 aliphatic rings. The second-order valence-corrected chi connectivity index (χ2v) is 15.4. The van der Waals surface area contributed by atoms with Gasteiger partial charge in [-0.2, -0.15) is 0 Å². The van der Waals surface area contributed by atoms with E-state index in [2.05, 4.69) is 6.58 Å². The highest BCUT2D eigenvalue weighted by atomic mass is 16.9. The average molecular weight is 911 g/mol. The smallest absolute Gasteiger partial charge is 0.313 e. The molecule has 0 radical (unpaired) electrons. The van der Waals surface area contributed by atoms with Gasteiger partial charge in [0.15, 0.2) is 43.8 Å². The lowest BCUT2D eigenvalue weighted by Gasteiger charge is -2.45. The van der Waals surface area contributed by atoms with Crippen LogP contribution in [0.5, 0.6) is 0 Å². The summed E-state index contributed by atoms with van der Waals surface area (Å²) in [6.45, 7) is 1.37. The molecule has 26 nitrogen and oxygen atoms in total. The Balaban J connectivity index is 1.40. The first-order valence-electron chi connectivity index (χ1n) is 20.2. The molecule has 5 rings (SSSR count). The van der Waals surface area contributed by atoms with E-state index in [0.29, 0.717) is 19.3 Å². The molecule has 13 unspecified atom stereocenters. The van der Waals surface area contributed by atoms with Crippen molar-refractivity contribution in [1.82, 2.24) is 0 Å². The zero-order valence-electron chi connectivity index (χ0n) is 33.7. The van der Waals surface area contributed by atoms with Gasteiger partial charge in [0.1, 0.15) is 91.1 Å². The highest BCUT2D eigenvalue weighted by molar-refractivity contribution is 5.02. The van der Waals surface area contributed by atoms with Crippen LogP contribution in [0, 0.1) is 0 Å². The first-order valence-corrected chi connectivity index (χ1v) is 20.2. The number of aliphatic hydroxyl groups excluding tert-OH is 13. The highest BCUT2D eigenvalue weighted by Gasteiger charge is 2.64. The summed E-state index contributed by atoms with van der Waals surface area (Å²) in [5.74, 6) is -2.95. The number of hydrogen-bond acceptors (Lipinski definition) is 26. The minimum Gasteiger partial charge on any atom is -0.396 e. The van der Waals surface area contributed by atoms with E-state index in [0.717, 1.165) is 0 Å². The number of ether oxygens (including phenoxy) is 11. The van der Waals surface area contributed by atoms with Gasteiger partial charge in [0.2, 0.25) is 0 Å². The molecule has 5 fully saturated rings. The Labute approximate surface area is 354 Å². The topological polar surface area (TPSA) is 405 Å². The second kappa shape index (κ2) is 22.5. The van der Waals surface area contributed by atoms with Gasteiger partial charge < -0.3 is 124 Å². The Morgan fingerprint density at radius 2 is 1.19 bits per heavy atom. The number of hydrogen-bond donors (Lipinski definition) is 15. The van der Waals surface area contributed by atoms with Gasteiger partial charge in [0.25, 0.3) is 0 Å². The lowest BCUT2D eigenvalue weighted by Crippen LogP contribution is -2.64. The van der Waals surface area contributed by atoms with Crippen LogP contribution in [0.4, 0.5) is 0 Å². The van der Waals surface area contributed by atoms with E-state index in [1.807, 2.05) is 0 Å². The van der Waals surface area contributed by atoms with Crippen LogP contribution in [0.1, 0.15) is 32.6 Å². The molecular weight excluding hydrogens is 848 g/mol. The van der Waals surface area contributed by atoms with Crippen molar-refractivity contribution in [3.05, 3.63) is 12.7 Å². The third kappa shape index (κ3) is 10.8. The standard InChI is InChI=1S/C36H62O26/c1-3-5-6-7-10-52-30-23(47)24(19(43)16(13-40)54-30)59-34-35(50,8-9-37)28(29(49)61-34)60-32-25(21(45)18(42)15(12-39)56-32)57-33-26(27(48)36(51,62-33)53-4-2)58-31-22(46)20(44)17(41)14(11-38)55-31/h3,14-34,37-51H,1,4-13H2,2H3/t14?,15?,16?,17-,18+,19+,20?,21?,22?,23?,24?,25?,26?,27?,28?,29+,30+,31-,32-,33+,34+,35?,36-/m1/s1. The molecule has 15 N–H and O–H groups in total. The SMILES string of the molecule is C=CCCCCO[C@H]1OC(CO)[C@H](O)C(O[C@H]2O[C@H](O)C(O[C@H]3OC(CO)[C@H](O)C(O)C3O[C@H]3O[C@](O)(OCC)C(O)C3O[C@H]3OC(CO)[C@@H](O)C(O)C3O)C2(O)CCO)C1O. The zero-order chi connectivity index (χ0) is 45.7. The van der Waals surface area contributed by atoms with E-state index in [9.17, 15) is 76.6 Å². The van der Waals surface area contributed by atoms with Gasteiger partial charge >= 0.3 is 5.97 Å². The fraction of sp³-hybridized carbons (Fsp3) is 0.944. The van der Waals surface area contributed by atoms with E-state index in [-0.39, 0.29) is 13.2 Å². The van der Waals surface area contributed by atoms with Gasteiger partial charge in [0.05, 0.1) is 19.8 Å². The summed E-state index contributed by atoms with van der Waals surface area (Å²) in [6, 6.07) is 0. The lowest BCUT2D eigenvalue weighted by atomic mass is 9.92. The van der Waals surface area contributed by atoms with Crippen LogP contribution >= 0.6 is 0 Å². The van der Waals surface area contributed by atoms with Crippen molar-refractivity contribution in [2.75, 3.05) is 39.6 Å². The molecule has 0 aromatic rings. The summed E-state index contributed by atoms with van der Waals surface area (Å²) in [6.07, 6.45) is -37.3. The fourth-order valence-electron chi connectivity index (χ4n) is 7.73. The van der Waals surface area contributed by atoms with E-state index in [1.54, 1.807) is 6.08 Å². The number of unbranched alkanes of at least 4 members (excludes halogenated alkanes) is 2. The van der Waals surface area contributed by atoms with E-state index in [1.165, 1.54) is 6.92 Å². The summed E-state index contributed by atoms with van der Waals surface area (Å²) < 4.78 is 61.7. The molecule has 26 heteroatoms. The van der Waals surface area contributed by atoms with Gasteiger partial charge in [-0.3, -0.25) is 4.74 Å². The van der Waals surface area contributed by atoms with Crippen molar-refractivity contribution in [3.8, 4) is 0 Å². The Morgan fingerprint density at radius 3 is 1.81 bits per heavy atom. The minimum atomic E-state index is -2.95. The lowest BCUT2D eigenvalue weighted by molar-refractivity contribution is -0.409. The molecule has 0 aromatic carbocycles. The van der Waals surface area contributed by atoms with Crippen molar-refractivity contribution < 1.29 is 129 Å². The molecule has 0 bridgehead atoms. The summed E-state index contributed by atoms with van der Waals surface area (Å²) in [7, 11) is 0. The van der Waals surface area contributed by atoms with E-state index < -0.39 is 174 Å². The van der Waals surface area contributed by atoms with Gasteiger partial charge in [-0.1, -0.05) is 6.08 Å². The molecule has 5 aliphatic heterocycles. The summed E-state index contributed by atoms with van der Waals surface area (Å²) in [4.78, 5) is 0. The van der Waals surface area contributed by atoms with E-state index >= 15 is 0 Å². The molecule has 0 saturated carbocycles. The number of rotatable bonds is 21. The normalized spacial score (nSPS) is 48.7. The molecule has 0 aromatic heterocycles. The van der Waals surface area contributed by atoms with Crippen LogP contribution in [-0.4, -0.2) is 257 Å². The van der Waals surface area contributed by atoms with Crippen molar-refractivity contribution >= 4 is 0 Å². The Hall–Kier alpha value is -1.30. The maximum Gasteiger partial charge on any atom is 0.313 e. The van der Waals surface area contributed by atoms with Crippen LogP contribution in [0.2, 0.25) is 0 Å². The first-order chi connectivity index (χ1) is 29.4. The summed E-state index contributed by atoms with van der Waals surface area (Å²) >= 11 is 0.